The molecule has 2 N–H and O–H groups in total. The zero-order valence-corrected chi connectivity index (χ0v) is 9.01. The highest BCUT2D eigenvalue weighted by atomic mass is 35.5. The fourth-order valence-electron chi connectivity index (χ4n) is 1.95. The lowest BCUT2D eigenvalue weighted by molar-refractivity contribution is 0.0894. The molecule has 1 aliphatic heterocycles. The van der Waals surface area contributed by atoms with E-state index >= 15 is 0 Å². The summed E-state index contributed by atoms with van der Waals surface area (Å²) in [4.78, 5) is 0. The molecule has 1 heterocycles. The fourth-order valence-corrected chi connectivity index (χ4v) is 2.13. The highest BCUT2D eigenvalue weighted by Gasteiger charge is 2.30. The van der Waals surface area contributed by atoms with Gasteiger partial charge in [-0.15, -0.1) is 0 Å². The molecule has 1 aliphatic rings. The molecular formula is C11H13ClFNO. The molecule has 2 rings (SSSR count). The largest absolute Gasteiger partial charge is 0.373 e. The Morgan fingerprint density at radius 2 is 2.33 bits per heavy atom. The molecule has 0 radical (unpaired) electrons. The van der Waals surface area contributed by atoms with Gasteiger partial charge in [-0.25, -0.2) is 4.39 Å². The molecule has 82 valence electrons. The van der Waals surface area contributed by atoms with Gasteiger partial charge in [-0.1, -0.05) is 11.6 Å². The van der Waals surface area contributed by atoms with Gasteiger partial charge in [0.25, 0.3) is 0 Å². The first-order valence-corrected chi connectivity index (χ1v) is 5.37. The summed E-state index contributed by atoms with van der Waals surface area (Å²) < 4.78 is 19.1. The van der Waals surface area contributed by atoms with E-state index in [-0.39, 0.29) is 17.8 Å². The van der Waals surface area contributed by atoms with Crippen molar-refractivity contribution in [1.82, 2.24) is 0 Å². The van der Waals surface area contributed by atoms with Crippen LogP contribution >= 0.6 is 11.6 Å². The number of nitrogens with two attached hydrogens (primary N) is 1. The van der Waals surface area contributed by atoms with Crippen LogP contribution in [0.4, 0.5) is 4.39 Å². The Labute approximate surface area is 93.2 Å². The normalized spacial score (nSPS) is 25.8. The van der Waals surface area contributed by atoms with Crippen LogP contribution in [-0.2, 0) is 4.74 Å². The first-order chi connectivity index (χ1) is 7.22. The van der Waals surface area contributed by atoms with Gasteiger partial charge in [0.05, 0.1) is 6.10 Å². The first kappa shape index (κ1) is 10.9. The van der Waals surface area contributed by atoms with Crippen molar-refractivity contribution >= 4 is 11.6 Å². The molecule has 2 nitrogen and oxygen atoms in total. The maximum Gasteiger partial charge on any atom is 0.129 e. The van der Waals surface area contributed by atoms with E-state index in [2.05, 4.69) is 0 Å². The average molecular weight is 230 g/mol. The Kier molecular flexibility index (Phi) is 3.24. The summed E-state index contributed by atoms with van der Waals surface area (Å²) in [6.45, 7) is 1.15. The molecule has 2 unspecified atom stereocenters. The van der Waals surface area contributed by atoms with Gasteiger partial charge < -0.3 is 10.5 Å². The van der Waals surface area contributed by atoms with Crippen LogP contribution in [0.1, 0.15) is 18.1 Å². The predicted molar refractivity (Wildman–Crippen MR) is 57.3 cm³/mol. The van der Waals surface area contributed by atoms with E-state index in [9.17, 15) is 4.39 Å². The number of rotatable bonds is 2. The van der Waals surface area contributed by atoms with Crippen LogP contribution in [0.2, 0.25) is 5.02 Å². The van der Waals surface area contributed by atoms with E-state index in [0.717, 1.165) is 6.42 Å². The molecule has 15 heavy (non-hydrogen) atoms. The van der Waals surface area contributed by atoms with Crippen LogP contribution in [0.15, 0.2) is 18.2 Å². The van der Waals surface area contributed by atoms with Gasteiger partial charge in [0.2, 0.25) is 0 Å². The molecule has 0 saturated carbocycles. The van der Waals surface area contributed by atoms with Crippen molar-refractivity contribution in [3.05, 3.63) is 34.6 Å². The second kappa shape index (κ2) is 4.47. The van der Waals surface area contributed by atoms with E-state index in [1.165, 1.54) is 12.1 Å². The van der Waals surface area contributed by atoms with Crippen molar-refractivity contribution in [2.45, 2.75) is 12.5 Å². The monoisotopic (exact) mass is 229 g/mol. The lowest BCUT2D eigenvalue weighted by atomic mass is 9.95. The Hall–Kier alpha value is -0.640. The van der Waals surface area contributed by atoms with E-state index in [1.807, 2.05) is 0 Å². The average Bonchev–Trinajstić information content (AvgIpc) is 2.69. The van der Waals surface area contributed by atoms with E-state index in [0.29, 0.717) is 23.7 Å². The maximum absolute atomic E-state index is 13.6. The molecule has 0 aromatic heterocycles. The van der Waals surface area contributed by atoms with Crippen molar-refractivity contribution in [2.75, 3.05) is 13.2 Å². The summed E-state index contributed by atoms with van der Waals surface area (Å²) in [6.07, 6.45) is 0.640. The van der Waals surface area contributed by atoms with E-state index in [1.54, 1.807) is 6.07 Å². The number of hydrogen-bond acceptors (Lipinski definition) is 2. The Bertz CT molecular complexity index is 358. The zero-order valence-electron chi connectivity index (χ0n) is 8.25. The van der Waals surface area contributed by atoms with Gasteiger partial charge in [0.15, 0.2) is 0 Å². The molecular weight excluding hydrogens is 217 g/mol. The summed E-state index contributed by atoms with van der Waals surface area (Å²) in [5, 5.41) is 0.526. The minimum atomic E-state index is -0.273. The molecule has 0 spiro atoms. The van der Waals surface area contributed by atoms with Gasteiger partial charge in [-0.3, -0.25) is 0 Å². The van der Waals surface area contributed by atoms with Gasteiger partial charge in [0, 0.05) is 23.1 Å². The van der Waals surface area contributed by atoms with Gasteiger partial charge in [-0.05, 0) is 31.2 Å². The topological polar surface area (TPSA) is 35.2 Å². The van der Waals surface area contributed by atoms with Crippen molar-refractivity contribution in [3.63, 3.8) is 0 Å². The quantitative estimate of drug-likeness (QED) is 0.846. The molecule has 1 aromatic carbocycles. The molecule has 0 bridgehead atoms. The number of halogens is 2. The Morgan fingerprint density at radius 1 is 1.53 bits per heavy atom. The van der Waals surface area contributed by atoms with Gasteiger partial charge in [0.1, 0.15) is 5.82 Å². The minimum Gasteiger partial charge on any atom is -0.373 e. The van der Waals surface area contributed by atoms with Gasteiger partial charge >= 0.3 is 0 Å². The fraction of sp³-hybridized carbons (Fsp3) is 0.455. The van der Waals surface area contributed by atoms with Crippen LogP contribution in [0.3, 0.4) is 0 Å². The number of ether oxygens (including phenoxy) is 1. The molecule has 0 aliphatic carbocycles. The van der Waals surface area contributed by atoms with Crippen LogP contribution in [0.25, 0.3) is 0 Å². The second-order valence-corrected chi connectivity index (χ2v) is 4.18. The molecule has 1 fully saturated rings. The van der Waals surface area contributed by atoms with E-state index < -0.39 is 0 Å². The highest BCUT2D eigenvalue weighted by Crippen LogP contribution is 2.36. The standard InChI is InChI=1S/C11H13ClFNO/c12-8-1-2-10(13)9(5-8)11-7(6-14)3-4-15-11/h1-2,5,7,11H,3-4,6,14H2. The summed E-state index contributed by atoms with van der Waals surface area (Å²) in [5.41, 5.74) is 6.14. The lowest BCUT2D eigenvalue weighted by Gasteiger charge is -2.17. The molecule has 2 atom stereocenters. The van der Waals surface area contributed by atoms with Crippen molar-refractivity contribution < 1.29 is 9.13 Å². The predicted octanol–water partition coefficient (Wildman–Crippen LogP) is 2.52. The summed E-state index contributed by atoms with van der Waals surface area (Å²) in [6, 6.07) is 4.52. The number of benzene rings is 1. The Morgan fingerprint density at radius 3 is 3.07 bits per heavy atom. The smallest absolute Gasteiger partial charge is 0.129 e. The maximum atomic E-state index is 13.6. The van der Waals surface area contributed by atoms with Crippen LogP contribution in [0.5, 0.6) is 0 Å². The van der Waals surface area contributed by atoms with Gasteiger partial charge in [-0.2, -0.15) is 0 Å². The molecule has 1 aromatic rings. The van der Waals surface area contributed by atoms with E-state index in [4.69, 9.17) is 22.1 Å². The molecule has 1 saturated heterocycles. The zero-order chi connectivity index (χ0) is 10.8. The molecule has 0 amide bonds. The third kappa shape index (κ3) is 2.14. The Balaban J connectivity index is 2.31. The second-order valence-electron chi connectivity index (χ2n) is 3.74. The van der Waals surface area contributed by atoms with Crippen LogP contribution < -0.4 is 5.73 Å². The minimum absolute atomic E-state index is 0.193. The van der Waals surface area contributed by atoms with Crippen molar-refractivity contribution in [1.29, 1.82) is 0 Å². The third-order valence-corrected chi connectivity index (χ3v) is 3.02. The summed E-state index contributed by atoms with van der Waals surface area (Å²) in [7, 11) is 0. The molecule has 4 heteroatoms. The van der Waals surface area contributed by atoms with Crippen molar-refractivity contribution in [3.8, 4) is 0 Å². The lowest BCUT2D eigenvalue weighted by Crippen LogP contribution is -2.18. The van der Waals surface area contributed by atoms with Crippen LogP contribution in [0, 0.1) is 11.7 Å². The number of hydrogen-bond donors (Lipinski definition) is 1. The van der Waals surface area contributed by atoms with Crippen LogP contribution in [-0.4, -0.2) is 13.2 Å². The highest BCUT2D eigenvalue weighted by molar-refractivity contribution is 6.30. The first-order valence-electron chi connectivity index (χ1n) is 4.99. The summed E-state index contributed by atoms with van der Waals surface area (Å²) in [5.74, 6) is -0.0808. The SMILES string of the molecule is NCC1CCOC1c1cc(Cl)ccc1F. The van der Waals surface area contributed by atoms with Crippen molar-refractivity contribution in [2.24, 2.45) is 11.7 Å². The summed E-state index contributed by atoms with van der Waals surface area (Å²) >= 11 is 5.83. The third-order valence-electron chi connectivity index (χ3n) is 2.78.